The molecule has 0 heterocycles. The Bertz CT molecular complexity index is 805. The molecule has 0 bridgehead atoms. The number of benzene rings is 2. The van der Waals surface area contributed by atoms with Gasteiger partial charge < -0.3 is 10.2 Å². The number of carbonyl (C=O) groups excluding carboxylic acids is 2. The third-order valence-electron chi connectivity index (χ3n) is 5.06. The molecule has 144 valence electrons. The third kappa shape index (κ3) is 4.97. The van der Waals surface area contributed by atoms with Crippen molar-refractivity contribution in [3.05, 3.63) is 58.7 Å². The highest BCUT2D eigenvalue weighted by atomic mass is 16.2. The van der Waals surface area contributed by atoms with Crippen LogP contribution < -0.4 is 10.2 Å². The summed E-state index contributed by atoms with van der Waals surface area (Å²) >= 11 is 0. The Kier molecular flexibility index (Phi) is 7.17. The monoisotopic (exact) mass is 366 g/mol. The van der Waals surface area contributed by atoms with Crippen LogP contribution in [0.2, 0.25) is 0 Å². The maximum absolute atomic E-state index is 12.5. The van der Waals surface area contributed by atoms with Crippen LogP contribution in [0.25, 0.3) is 0 Å². The van der Waals surface area contributed by atoms with Crippen LogP contribution in [0.5, 0.6) is 0 Å². The van der Waals surface area contributed by atoms with Gasteiger partial charge in [-0.05, 0) is 55.0 Å². The lowest BCUT2D eigenvalue weighted by Crippen LogP contribution is -2.33. The number of rotatable bonds is 7. The van der Waals surface area contributed by atoms with Crippen molar-refractivity contribution in [1.82, 2.24) is 0 Å². The van der Waals surface area contributed by atoms with Gasteiger partial charge in [-0.25, -0.2) is 0 Å². The number of aryl methyl sites for hydroxylation is 3. The standard InChI is InChI=1S/C23H30N2O2/c1-6-19-11-9-12-20(7-2)23(19)25(18(5)26)15-14-22(27)24-21-13-8-10-16(3)17(21)4/h8-13H,6-7,14-15H2,1-5H3,(H,24,27). The summed E-state index contributed by atoms with van der Waals surface area (Å²) in [6, 6.07) is 12.0. The predicted molar refractivity (Wildman–Crippen MR) is 112 cm³/mol. The van der Waals surface area contributed by atoms with Crippen molar-refractivity contribution < 1.29 is 9.59 Å². The van der Waals surface area contributed by atoms with Crippen LogP contribution in [0.4, 0.5) is 11.4 Å². The largest absolute Gasteiger partial charge is 0.326 e. The highest BCUT2D eigenvalue weighted by Crippen LogP contribution is 2.27. The summed E-state index contributed by atoms with van der Waals surface area (Å²) in [6.45, 7) is 10.1. The number of carbonyl (C=O) groups is 2. The first kappa shape index (κ1) is 20.7. The van der Waals surface area contributed by atoms with Gasteiger partial charge >= 0.3 is 0 Å². The molecular weight excluding hydrogens is 336 g/mol. The van der Waals surface area contributed by atoms with E-state index in [4.69, 9.17) is 0 Å². The number of nitrogens with one attached hydrogen (secondary N) is 1. The summed E-state index contributed by atoms with van der Waals surface area (Å²) in [5.41, 5.74) is 6.28. The molecule has 0 spiro atoms. The van der Waals surface area contributed by atoms with E-state index in [9.17, 15) is 9.59 Å². The fourth-order valence-corrected chi connectivity index (χ4v) is 3.30. The number of para-hydroxylation sites is 1. The lowest BCUT2D eigenvalue weighted by atomic mass is 10.0. The van der Waals surface area contributed by atoms with Gasteiger partial charge in [-0.3, -0.25) is 9.59 Å². The van der Waals surface area contributed by atoms with Gasteiger partial charge in [-0.2, -0.15) is 0 Å². The van der Waals surface area contributed by atoms with Crippen LogP contribution in [-0.4, -0.2) is 18.4 Å². The molecule has 1 N–H and O–H groups in total. The van der Waals surface area contributed by atoms with Crippen LogP contribution in [0.15, 0.2) is 36.4 Å². The SMILES string of the molecule is CCc1cccc(CC)c1N(CCC(=O)Nc1cccc(C)c1C)C(C)=O. The Hall–Kier alpha value is -2.62. The van der Waals surface area contributed by atoms with Gasteiger partial charge in [0.1, 0.15) is 0 Å². The highest BCUT2D eigenvalue weighted by Gasteiger charge is 2.19. The molecule has 0 saturated heterocycles. The van der Waals surface area contributed by atoms with Crippen molar-refractivity contribution >= 4 is 23.2 Å². The van der Waals surface area contributed by atoms with Crippen LogP contribution in [0.3, 0.4) is 0 Å². The summed E-state index contributed by atoms with van der Waals surface area (Å²) in [7, 11) is 0. The van der Waals surface area contributed by atoms with E-state index in [2.05, 4.69) is 31.3 Å². The summed E-state index contributed by atoms with van der Waals surface area (Å²) in [6.07, 6.45) is 1.96. The van der Waals surface area contributed by atoms with Crippen molar-refractivity contribution in [1.29, 1.82) is 0 Å². The number of hydrogen-bond acceptors (Lipinski definition) is 2. The fraction of sp³-hybridized carbons (Fsp3) is 0.391. The third-order valence-corrected chi connectivity index (χ3v) is 5.06. The van der Waals surface area contributed by atoms with Crippen LogP contribution >= 0.6 is 0 Å². The molecule has 0 radical (unpaired) electrons. The van der Waals surface area contributed by atoms with Gasteiger partial charge in [0.05, 0.1) is 0 Å². The van der Waals surface area contributed by atoms with E-state index in [1.54, 1.807) is 11.8 Å². The minimum atomic E-state index is -0.0815. The van der Waals surface area contributed by atoms with E-state index in [1.165, 1.54) is 0 Å². The Morgan fingerprint density at radius 2 is 1.56 bits per heavy atom. The van der Waals surface area contributed by atoms with E-state index in [0.29, 0.717) is 6.54 Å². The molecule has 2 aromatic carbocycles. The quantitative estimate of drug-likeness (QED) is 0.764. The fourth-order valence-electron chi connectivity index (χ4n) is 3.30. The molecule has 0 aromatic heterocycles. The molecule has 2 aromatic rings. The van der Waals surface area contributed by atoms with E-state index in [0.717, 1.165) is 46.5 Å². The molecule has 0 aliphatic heterocycles. The first-order chi connectivity index (χ1) is 12.9. The lowest BCUT2D eigenvalue weighted by Gasteiger charge is -2.26. The summed E-state index contributed by atoms with van der Waals surface area (Å²) in [5.74, 6) is -0.118. The molecule has 0 fully saturated rings. The summed E-state index contributed by atoms with van der Waals surface area (Å²) in [5, 5.41) is 2.98. The number of nitrogens with zero attached hydrogens (tertiary/aromatic N) is 1. The maximum Gasteiger partial charge on any atom is 0.226 e. The zero-order valence-corrected chi connectivity index (χ0v) is 17.1. The highest BCUT2D eigenvalue weighted by molar-refractivity contribution is 5.96. The second-order valence-electron chi connectivity index (χ2n) is 6.85. The summed E-state index contributed by atoms with van der Waals surface area (Å²) in [4.78, 5) is 26.6. The molecule has 0 atom stereocenters. The molecule has 0 aliphatic rings. The smallest absolute Gasteiger partial charge is 0.226 e. The van der Waals surface area contributed by atoms with Crippen molar-refractivity contribution in [2.24, 2.45) is 0 Å². The second kappa shape index (κ2) is 9.36. The molecule has 2 amide bonds. The van der Waals surface area contributed by atoms with Crippen molar-refractivity contribution in [2.75, 3.05) is 16.8 Å². The van der Waals surface area contributed by atoms with Crippen molar-refractivity contribution in [3.63, 3.8) is 0 Å². The van der Waals surface area contributed by atoms with Crippen LogP contribution in [0, 0.1) is 13.8 Å². The van der Waals surface area contributed by atoms with Crippen LogP contribution in [-0.2, 0) is 22.4 Å². The summed E-state index contributed by atoms with van der Waals surface area (Å²) < 4.78 is 0. The van der Waals surface area contributed by atoms with Gasteiger partial charge in [0.15, 0.2) is 0 Å². The minimum Gasteiger partial charge on any atom is -0.326 e. The molecule has 0 aliphatic carbocycles. The molecule has 0 saturated carbocycles. The van der Waals surface area contributed by atoms with Gasteiger partial charge in [0.25, 0.3) is 0 Å². The average molecular weight is 367 g/mol. The lowest BCUT2D eigenvalue weighted by molar-refractivity contribution is -0.117. The minimum absolute atomic E-state index is 0.0369. The Labute approximate surface area is 162 Å². The van der Waals surface area contributed by atoms with Crippen LogP contribution in [0.1, 0.15) is 49.4 Å². The first-order valence-electron chi connectivity index (χ1n) is 9.63. The topological polar surface area (TPSA) is 49.4 Å². The zero-order valence-electron chi connectivity index (χ0n) is 17.1. The first-order valence-corrected chi connectivity index (χ1v) is 9.63. The maximum atomic E-state index is 12.5. The second-order valence-corrected chi connectivity index (χ2v) is 6.85. The van der Waals surface area contributed by atoms with E-state index in [1.807, 2.05) is 38.1 Å². The number of anilines is 2. The molecular formula is C23H30N2O2. The Balaban J connectivity index is 2.17. The van der Waals surface area contributed by atoms with Gasteiger partial charge in [0, 0.05) is 31.3 Å². The van der Waals surface area contributed by atoms with E-state index >= 15 is 0 Å². The van der Waals surface area contributed by atoms with Gasteiger partial charge in [-0.15, -0.1) is 0 Å². The van der Waals surface area contributed by atoms with Crippen molar-refractivity contribution in [2.45, 2.75) is 53.9 Å². The van der Waals surface area contributed by atoms with Gasteiger partial charge in [-0.1, -0.05) is 44.2 Å². The Morgan fingerprint density at radius 1 is 0.963 bits per heavy atom. The van der Waals surface area contributed by atoms with E-state index < -0.39 is 0 Å². The number of hydrogen-bond donors (Lipinski definition) is 1. The zero-order chi connectivity index (χ0) is 20.0. The molecule has 27 heavy (non-hydrogen) atoms. The Morgan fingerprint density at radius 3 is 2.11 bits per heavy atom. The normalized spacial score (nSPS) is 10.6. The molecule has 0 unspecified atom stereocenters. The van der Waals surface area contributed by atoms with E-state index in [-0.39, 0.29) is 18.2 Å². The predicted octanol–water partition coefficient (Wildman–Crippen LogP) is 4.81. The molecule has 4 heteroatoms. The van der Waals surface area contributed by atoms with Gasteiger partial charge in [0.2, 0.25) is 11.8 Å². The molecule has 4 nitrogen and oxygen atoms in total. The van der Waals surface area contributed by atoms with Crippen molar-refractivity contribution in [3.8, 4) is 0 Å². The number of amides is 2. The average Bonchev–Trinajstić information content (AvgIpc) is 2.65. The molecule has 2 rings (SSSR count).